The van der Waals surface area contributed by atoms with Crippen LogP contribution in [0.5, 0.6) is 23.0 Å². The fraction of sp³-hybridized carbons (Fsp3) is 0.233. The first kappa shape index (κ1) is 43.9. The fourth-order valence-corrected chi connectivity index (χ4v) is 10.3. The van der Waals surface area contributed by atoms with E-state index in [2.05, 4.69) is 178 Å². The predicted molar refractivity (Wildman–Crippen MR) is 272 cm³/mol. The second-order valence-electron chi connectivity index (χ2n) is 17.7. The topological polar surface area (TPSA) is 36.9 Å². The number of ether oxygens (including phenoxy) is 4. The first-order chi connectivity index (χ1) is 30.7. The molecule has 9 rings (SSSR count). The zero-order valence-corrected chi connectivity index (χ0v) is 40.0. The van der Waals surface area contributed by atoms with Crippen molar-refractivity contribution < 1.29 is 18.9 Å². The van der Waals surface area contributed by atoms with Gasteiger partial charge < -0.3 is 18.9 Å². The number of rotatable bonds is 8. The zero-order chi connectivity index (χ0) is 45.7. The monoisotopic (exact) mass is 844 g/mol. The molecule has 9 aromatic rings. The van der Waals surface area contributed by atoms with E-state index in [-0.39, 0.29) is 0 Å². The van der Waals surface area contributed by atoms with E-state index >= 15 is 0 Å². The first-order valence-corrected chi connectivity index (χ1v) is 22.1. The maximum absolute atomic E-state index is 5.74. The van der Waals surface area contributed by atoms with Crippen LogP contribution in [0, 0.1) is 69.2 Å². The van der Waals surface area contributed by atoms with Gasteiger partial charge in [-0.3, -0.25) is 0 Å². The largest absolute Gasteiger partial charge is 0.497 e. The molecule has 0 unspecified atom stereocenters. The maximum atomic E-state index is 5.74. The van der Waals surface area contributed by atoms with E-state index in [4.69, 9.17) is 18.9 Å². The molecule has 0 aliphatic rings. The van der Waals surface area contributed by atoms with Crippen LogP contribution in [-0.4, -0.2) is 28.4 Å². The van der Waals surface area contributed by atoms with Crippen molar-refractivity contribution in [2.24, 2.45) is 0 Å². The maximum Gasteiger partial charge on any atom is 0.119 e. The third-order valence-corrected chi connectivity index (χ3v) is 13.2. The van der Waals surface area contributed by atoms with E-state index in [9.17, 15) is 0 Å². The van der Waals surface area contributed by atoms with E-state index in [1.54, 1.807) is 28.4 Å². The number of benzene rings is 9. The molecule has 4 nitrogen and oxygen atoms in total. The summed E-state index contributed by atoms with van der Waals surface area (Å²) in [4.78, 5) is 0. The third kappa shape index (κ3) is 7.70. The van der Waals surface area contributed by atoms with Crippen molar-refractivity contribution in [3.05, 3.63) is 165 Å². The van der Waals surface area contributed by atoms with E-state index < -0.39 is 0 Å². The number of aryl methyl sites for hydroxylation is 10. The Morgan fingerprint density at radius 3 is 0.609 bits per heavy atom. The number of hydrogen-bond acceptors (Lipinski definition) is 4. The Morgan fingerprint density at radius 2 is 0.438 bits per heavy atom. The summed E-state index contributed by atoms with van der Waals surface area (Å²) in [6.45, 7) is 21.8. The minimum Gasteiger partial charge on any atom is -0.497 e. The molecule has 0 spiro atoms. The van der Waals surface area contributed by atoms with Gasteiger partial charge in [0.25, 0.3) is 0 Å². The van der Waals surface area contributed by atoms with Crippen LogP contribution in [0.4, 0.5) is 0 Å². The van der Waals surface area contributed by atoms with Crippen LogP contribution in [-0.2, 0) is 0 Å². The van der Waals surface area contributed by atoms with Crippen LogP contribution in [0.15, 0.2) is 109 Å². The predicted octanol–water partition coefficient (Wildman–Crippen LogP) is 16.1. The Morgan fingerprint density at radius 1 is 0.250 bits per heavy atom. The molecule has 0 fully saturated rings. The molecule has 0 aliphatic heterocycles. The van der Waals surface area contributed by atoms with Crippen LogP contribution in [0.3, 0.4) is 0 Å². The molecule has 0 bridgehead atoms. The van der Waals surface area contributed by atoms with Crippen LogP contribution < -0.4 is 18.9 Å². The molecule has 64 heavy (non-hydrogen) atoms. The van der Waals surface area contributed by atoms with Crippen molar-refractivity contribution in [1.82, 2.24) is 0 Å². The lowest BCUT2D eigenvalue weighted by Crippen LogP contribution is -2.00. The summed E-state index contributed by atoms with van der Waals surface area (Å²) in [5.74, 6) is 3.48. The standard InChI is InChI=1S/C52H50O4.C8H10/c1-27-17-35(53-9)18-28(2)47(27)43-25-44(48-29(3)19-36(54-10)20-30(48)4)40-15-16-42-46(50-33(7)23-38(56-12)24-34(50)8)26-45(41-14-13-39(43)51(40)52(41)42)49-31(5)21-37(55-11)22-32(49)6;1-7-3-5-8(2)6-4-7/h13-26H,1-12H3;3-6H,1-2H3. The molecule has 4 heteroatoms. The smallest absolute Gasteiger partial charge is 0.119 e. The molecule has 0 aliphatic carbocycles. The van der Waals surface area contributed by atoms with Crippen molar-refractivity contribution in [2.45, 2.75) is 69.2 Å². The summed E-state index contributed by atoms with van der Waals surface area (Å²) in [5, 5.41) is 7.47. The highest BCUT2D eigenvalue weighted by Crippen LogP contribution is 2.51. The normalized spacial score (nSPS) is 11.3. The summed E-state index contributed by atoms with van der Waals surface area (Å²) in [6.07, 6.45) is 0. The van der Waals surface area contributed by atoms with Gasteiger partial charge in [0.2, 0.25) is 0 Å². The third-order valence-electron chi connectivity index (χ3n) is 13.2. The molecule has 0 N–H and O–H groups in total. The van der Waals surface area contributed by atoms with E-state index in [0.717, 1.165) is 23.0 Å². The van der Waals surface area contributed by atoms with Crippen molar-refractivity contribution >= 4 is 32.3 Å². The summed E-state index contributed by atoms with van der Waals surface area (Å²) < 4.78 is 23.0. The van der Waals surface area contributed by atoms with Gasteiger partial charge >= 0.3 is 0 Å². The van der Waals surface area contributed by atoms with Gasteiger partial charge in [0.1, 0.15) is 23.0 Å². The molecular formula is C60H60O4. The Labute approximate surface area is 379 Å². The van der Waals surface area contributed by atoms with E-state index in [0.29, 0.717) is 0 Å². The highest BCUT2D eigenvalue weighted by Gasteiger charge is 2.25. The Bertz CT molecular complexity index is 2740. The fourth-order valence-electron chi connectivity index (χ4n) is 10.3. The first-order valence-electron chi connectivity index (χ1n) is 22.1. The molecule has 0 atom stereocenters. The highest BCUT2D eigenvalue weighted by atomic mass is 16.5. The average molecular weight is 845 g/mol. The van der Waals surface area contributed by atoms with Crippen LogP contribution in [0.1, 0.15) is 55.6 Å². The zero-order valence-electron chi connectivity index (χ0n) is 40.0. The van der Waals surface area contributed by atoms with Gasteiger partial charge in [-0.2, -0.15) is 0 Å². The Hall–Kier alpha value is -6.78. The van der Waals surface area contributed by atoms with Crippen molar-refractivity contribution in [2.75, 3.05) is 28.4 Å². The van der Waals surface area contributed by atoms with Crippen LogP contribution >= 0.6 is 0 Å². The Kier molecular flexibility index (Phi) is 11.9. The SMILES string of the molecule is COc1cc(C)c(-c2cc(-c3c(C)cc(OC)cc3C)c3ccc4c(-c5c(C)cc(OC)cc5C)cc(-c5c(C)cc(OC)cc5C)c5ccc2c3c54)c(C)c1.Cc1ccc(C)cc1. The van der Waals surface area contributed by atoms with Gasteiger partial charge in [-0.05, 0) is 251 Å². The van der Waals surface area contributed by atoms with Gasteiger partial charge in [-0.1, -0.05) is 59.7 Å². The van der Waals surface area contributed by atoms with Crippen LogP contribution in [0.2, 0.25) is 0 Å². The molecule has 0 amide bonds. The quantitative estimate of drug-likeness (QED) is 0.143. The second-order valence-corrected chi connectivity index (χ2v) is 17.7. The average Bonchev–Trinajstić information content (AvgIpc) is 3.26. The summed E-state index contributed by atoms with van der Waals surface area (Å²) in [7, 11) is 6.96. The van der Waals surface area contributed by atoms with Crippen molar-refractivity contribution in [1.29, 1.82) is 0 Å². The molecule has 0 heterocycles. The van der Waals surface area contributed by atoms with Crippen molar-refractivity contribution in [3.8, 4) is 67.5 Å². The number of methoxy groups -OCH3 is 4. The minimum atomic E-state index is 0.869. The van der Waals surface area contributed by atoms with Crippen LogP contribution in [0.25, 0.3) is 76.8 Å². The molecule has 324 valence electrons. The lowest BCUT2D eigenvalue weighted by Gasteiger charge is -2.25. The summed E-state index contributed by atoms with van der Waals surface area (Å²) in [5.41, 5.74) is 21.9. The molecule has 9 aromatic carbocycles. The summed E-state index contributed by atoms with van der Waals surface area (Å²) in [6, 6.07) is 40.1. The van der Waals surface area contributed by atoms with Gasteiger partial charge in [0.15, 0.2) is 0 Å². The molecule has 0 aromatic heterocycles. The molecule has 0 saturated heterocycles. The molecule has 0 radical (unpaired) electrons. The molecular weight excluding hydrogens is 785 g/mol. The lowest BCUT2D eigenvalue weighted by atomic mass is 9.79. The Balaban J connectivity index is 0.000000633. The van der Waals surface area contributed by atoms with Gasteiger partial charge in [-0.25, -0.2) is 0 Å². The van der Waals surface area contributed by atoms with Gasteiger partial charge in [0, 0.05) is 0 Å². The van der Waals surface area contributed by atoms with Gasteiger partial charge in [0.05, 0.1) is 28.4 Å². The number of hydrogen-bond donors (Lipinski definition) is 0. The van der Waals surface area contributed by atoms with E-state index in [1.807, 2.05) is 0 Å². The van der Waals surface area contributed by atoms with Crippen molar-refractivity contribution in [3.63, 3.8) is 0 Å². The minimum absolute atomic E-state index is 0.869. The van der Waals surface area contributed by atoms with E-state index in [1.165, 1.54) is 132 Å². The highest BCUT2D eigenvalue weighted by molar-refractivity contribution is 6.32. The van der Waals surface area contributed by atoms with Gasteiger partial charge in [-0.15, -0.1) is 0 Å². The molecule has 0 saturated carbocycles. The second kappa shape index (κ2) is 17.4. The lowest BCUT2D eigenvalue weighted by molar-refractivity contribution is 0.414. The summed E-state index contributed by atoms with van der Waals surface area (Å²) >= 11 is 0.